The monoisotopic (exact) mass is 646 g/mol. The first-order chi connectivity index (χ1) is 25.3. The first-order valence-electron chi connectivity index (χ1n) is 17.8. The largest absolute Gasteiger partial charge is 0.0622 e. The van der Waals surface area contributed by atoms with Gasteiger partial charge in [-0.25, -0.2) is 0 Å². The summed E-state index contributed by atoms with van der Waals surface area (Å²) in [5, 5.41) is 5.03. The lowest BCUT2D eigenvalue weighted by atomic mass is 9.79. The van der Waals surface area contributed by atoms with E-state index in [1.807, 2.05) is 0 Å². The standard InChI is InChI=1S/C51H34/c1-3-17-34(18-4-1)37-22-9-10-24-42(37)49-44-25-11-13-27-46(44)51(47-28-14-12-26-45(47)49)50-39(35-19-5-2-6-20-35)29-15-32-43(50)41-31-16-30-40-38-23-8-7-21-36(38)33-48(40)41/h1-32H,33H2. The van der Waals surface area contributed by atoms with Crippen molar-refractivity contribution in [1.29, 1.82) is 0 Å². The van der Waals surface area contributed by atoms with Gasteiger partial charge in [-0.2, -0.15) is 0 Å². The lowest BCUT2D eigenvalue weighted by molar-refractivity contribution is 1.26. The maximum Gasteiger partial charge on any atom is -0.000728 e. The molecule has 0 spiro atoms. The highest BCUT2D eigenvalue weighted by molar-refractivity contribution is 6.24. The van der Waals surface area contributed by atoms with Crippen molar-refractivity contribution in [2.24, 2.45) is 0 Å². The topological polar surface area (TPSA) is 0 Å². The molecule has 0 amide bonds. The van der Waals surface area contributed by atoms with E-state index in [1.54, 1.807) is 0 Å². The summed E-state index contributed by atoms with van der Waals surface area (Å²) in [4.78, 5) is 0. The zero-order valence-electron chi connectivity index (χ0n) is 28.2. The van der Waals surface area contributed by atoms with E-state index in [9.17, 15) is 0 Å². The van der Waals surface area contributed by atoms with Gasteiger partial charge in [0.25, 0.3) is 0 Å². The van der Waals surface area contributed by atoms with Crippen molar-refractivity contribution < 1.29 is 0 Å². The molecule has 0 heteroatoms. The van der Waals surface area contributed by atoms with E-state index < -0.39 is 0 Å². The molecular weight excluding hydrogens is 613 g/mol. The summed E-state index contributed by atoms with van der Waals surface area (Å²) in [7, 11) is 0. The quantitative estimate of drug-likeness (QED) is 0.163. The van der Waals surface area contributed by atoms with E-state index >= 15 is 0 Å². The van der Waals surface area contributed by atoms with Gasteiger partial charge in [-0.05, 0) is 106 Å². The summed E-state index contributed by atoms with van der Waals surface area (Å²) in [5.41, 5.74) is 18.1. The summed E-state index contributed by atoms with van der Waals surface area (Å²) >= 11 is 0. The Morgan fingerprint density at radius 2 is 0.647 bits per heavy atom. The van der Waals surface area contributed by atoms with Crippen molar-refractivity contribution in [3.63, 3.8) is 0 Å². The van der Waals surface area contributed by atoms with Crippen LogP contribution in [0, 0.1) is 0 Å². The van der Waals surface area contributed by atoms with Crippen LogP contribution in [0.15, 0.2) is 194 Å². The van der Waals surface area contributed by atoms with Crippen molar-refractivity contribution in [2.75, 3.05) is 0 Å². The predicted octanol–water partition coefficient (Wildman–Crippen LogP) is 13.9. The first kappa shape index (κ1) is 29.4. The number of rotatable bonds is 5. The molecule has 9 aromatic carbocycles. The second kappa shape index (κ2) is 12.1. The van der Waals surface area contributed by atoms with Crippen LogP contribution in [0.5, 0.6) is 0 Å². The second-order valence-electron chi connectivity index (χ2n) is 13.5. The zero-order chi connectivity index (χ0) is 33.7. The lowest BCUT2D eigenvalue weighted by Gasteiger charge is -2.24. The molecule has 0 unspecified atom stereocenters. The van der Waals surface area contributed by atoms with Crippen LogP contribution >= 0.6 is 0 Å². The summed E-state index contributed by atoms with van der Waals surface area (Å²) in [6.07, 6.45) is 0.938. The fourth-order valence-electron chi connectivity index (χ4n) is 8.57. The SMILES string of the molecule is c1ccc(-c2ccccc2-c2c3ccccc3c(-c3c(-c4ccccc4)cccc3-c3cccc4c3Cc3ccccc3-4)c3ccccc23)cc1. The first-order valence-corrected chi connectivity index (χ1v) is 17.8. The third-order valence-corrected chi connectivity index (χ3v) is 10.8. The van der Waals surface area contributed by atoms with Crippen LogP contribution in [0.1, 0.15) is 11.1 Å². The minimum atomic E-state index is 0.938. The van der Waals surface area contributed by atoms with Gasteiger partial charge in [-0.1, -0.05) is 194 Å². The molecular formula is C51H34. The maximum absolute atomic E-state index is 2.35. The van der Waals surface area contributed by atoms with Gasteiger partial charge < -0.3 is 0 Å². The highest BCUT2D eigenvalue weighted by Crippen LogP contribution is 2.52. The average molecular weight is 647 g/mol. The average Bonchev–Trinajstić information content (AvgIpc) is 3.59. The molecule has 0 saturated carbocycles. The molecule has 0 saturated heterocycles. The number of fused-ring (bicyclic) bond motifs is 5. The van der Waals surface area contributed by atoms with E-state index in [4.69, 9.17) is 0 Å². The van der Waals surface area contributed by atoms with Gasteiger partial charge in [-0.15, -0.1) is 0 Å². The molecule has 0 nitrogen and oxygen atoms in total. The van der Waals surface area contributed by atoms with Gasteiger partial charge in [0.2, 0.25) is 0 Å². The molecule has 1 aliphatic carbocycles. The number of hydrogen-bond donors (Lipinski definition) is 0. The summed E-state index contributed by atoms with van der Waals surface area (Å²) in [6.45, 7) is 0. The molecule has 10 rings (SSSR count). The zero-order valence-corrected chi connectivity index (χ0v) is 28.2. The van der Waals surface area contributed by atoms with Crippen molar-refractivity contribution in [3.8, 4) is 66.8 Å². The Balaban J connectivity index is 1.34. The van der Waals surface area contributed by atoms with E-state index in [2.05, 4.69) is 194 Å². The van der Waals surface area contributed by atoms with Crippen LogP contribution in [0.2, 0.25) is 0 Å². The molecule has 0 heterocycles. The lowest BCUT2D eigenvalue weighted by Crippen LogP contribution is -1.97. The summed E-state index contributed by atoms with van der Waals surface area (Å²) < 4.78 is 0. The Hall–Kier alpha value is -6.50. The molecule has 0 aliphatic heterocycles. The molecule has 0 bridgehead atoms. The van der Waals surface area contributed by atoms with E-state index in [0.717, 1.165) is 6.42 Å². The molecule has 0 aromatic heterocycles. The molecule has 0 N–H and O–H groups in total. The third kappa shape index (κ3) is 4.76. The molecule has 0 atom stereocenters. The number of benzene rings is 9. The molecule has 0 radical (unpaired) electrons. The van der Waals surface area contributed by atoms with Gasteiger partial charge in [0, 0.05) is 0 Å². The highest BCUT2D eigenvalue weighted by atomic mass is 14.3. The van der Waals surface area contributed by atoms with Crippen LogP contribution in [0.4, 0.5) is 0 Å². The van der Waals surface area contributed by atoms with Crippen LogP contribution in [-0.4, -0.2) is 0 Å². The third-order valence-electron chi connectivity index (χ3n) is 10.8. The van der Waals surface area contributed by atoms with Crippen LogP contribution in [0.3, 0.4) is 0 Å². The molecule has 9 aromatic rings. The van der Waals surface area contributed by atoms with Crippen LogP contribution in [-0.2, 0) is 6.42 Å². The molecule has 51 heavy (non-hydrogen) atoms. The fraction of sp³-hybridized carbons (Fsp3) is 0.0196. The smallest absolute Gasteiger partial charge is 0.000728 e. The Morgan fingerprint density at radius 1 is 0.235 bits per heavy atom. The normalized spacial score (nSPS) is 11.8. The second-order valence-corrected chi connectivity index (χ2v) is 13.5. The Kier molecular flexibility index (Phi) is 6.99. The van der Waals surface area contributed by atoms with Crippen LogP contribution < -0.4 is 0 Å². The minimum absolute atomic E-state index is 0.938. The van der Waals surface area contributed by atoms with Crippen LogP contribution in [0.25, 0.3) is 88.3 Å². The Morgan fingerprint density at radius 3 is 1.27 bits per heavy atom. The van der Waals surface area contributed by atoms with Gasteiger partial charge in [-0.3, -0.25) is 0 Å². The van der Waals surface area contributed by atoms with Crippen molar-refractivity contribution in [2.45, 2.75) is 6.42 Å². The number of hydrogen-bond acceptors (Lipinski definition) is 0. The molecule has 238 valence electrons. The van der Waals surface area contributed by atoms with Crippen molar-refractivity contribution in [1.82, 2.24) is 0 Å². The van der Waals surface area contributed by atoms with E-state index in [0.29, 0.717) is 0 Å². The van der Waals surface area contributed by atoms with E-state index in [-0.39, 0.29) is 0 Å². The van der Waals surface area contributed by atoms with Crippen molar-refractivity contribution in [3.05, 3.63) is 205 Å². The van der Waals surface area contributed by atoms with Gasteiger partial charge >= 0.3 is 0 Å². The highest BCUT2D eigenvalue weighted by Gasteiger charge is 2.26. The predicted molar refractivity (Wildman–Crippen MR) is 217 cm³/mol. The fourth-order valence-corrected chi connectivity index (χ4v) is 8.57. The van der Waals surface area contributed by atoms with Gasteiger partial charge in [0.1, 0.15) is 0 Å². The Labute approximate surface area is 298 Å². The summed E-state index contributed by atoms with van der Waals surface area (Å²) in [6, 6.07) is 71.4. The molecule has 1 aliphatic rings. The van der Waals surface area contributed by atoms with Gasteiger partial charge in [0.15, 0.2) is 0 Å². The maximum atomic E-state index is 2.35. The van der Waals surface area contributed by atoms with E-state index in [1.165, 1.54) is 99.4 Å². The summed E-state index contributed by atoms with van der Waals surface area (Å²) in [5.74, 6) is 0. The Bertz CT molecular complexity index is 2700. The van der Waals surface area contributed by atoms with Gasteiger partial charge in [0.05, 0.1) is 0 Å². The molecule has 0 fully saturated rings. The minimum Gasteiger partial charge on any atom is -0.0622 e. The van der Waals surface area contributed by atoms with Crippen molar-refractivity contribution >= 4 is 21.5 Å².